The summed E-state index contributed by atoms with van der Waals surface area (Å²) in [6.07, 6.45) is 1.16. The molecule has 2 N–H and O–H groups in total. The Balaban J connectivity index is 2.17. The maximum absolute atomic E-state index is 12.3. The molecule has 0 radical (unpaired) electrons. The Morgan fingerprint density at radius 2 is 1.88 bits per heavy atom. The maximum Gasteiger partial charge on any atom is 0.182 e. The molecule has 4 heteroatoms. The van der Waals surface area contributed by atoms with Crippen LogP contribution in [0.25, 0.3) is 0 Å². The van der Waals surface area contributed by atoms with Crippen molar-refractivity contribution in [3.8, 4) is 5.75 Å². The summed E-state index contributed by atoms with van der Waals surface area (Å²) in [7, 11) is 1.60. The first-order chi connectivity index (χ1) is 8.15. The van der Waals surface area contributed by atoms with E-state index in [0.717, 1.165) is 5.75 Å². The first-order valence-electron chi connectivity index (χ1n) is 5.71. The van der Waals surface area contributed by atoms with Gasteiger partial charge in [-0.05, 0) is 37.1 Å². The van der Waals surface area contributed by atoms with E-state index in [1.54, 1.807) is 31.4 Å². The molecule has 1 saturated heterocycles. The molecular formula is C13H17NO3. The molecule has 0 aromatic heterocycles. The zero-order chi connectivity index (χ0) is 12.3. The molecule has 92 valence electrons. The fourth-order valence-corrected chi connectivity index (χ4v) is 1.99. The van der Waals surface area contributed by atoms with Crippen LogP contribution in [-0.4, -0.2) is 31.6 Å². The fraction of sp³-hybridized carbons (Fsp3) is 0.462. The van der Waals surface area contributed by atoms with Gasteiger partial charge in [-0.1, -0.05) is 0 Å². The number of rotatable bonds is 3. The lowest BCUT2D eigenvalue weighted by Crippen LogP contribution is -2.51. The second kappa shape index (κ2) is 4.85. The number of methoxy groups -OCH3 is 1. The second-order valence-electron chi connectivity index (χ2n) is 4.33. The van der Waals surface area contributed by atoms with Crippen LogP contribution in [0.5, 0.6) is 5.75 Å². The molecule has 0 amide bonds. The summed E-state index contributed by atoms with van der Waals surface area (Å²) < 4.78 is 10.3. The molecule has 1 fully saturated rings. The van der Waals surface area contributed by atoms with Gasteiger partial charge in [-0.3, -0.25) is 4.79 Å². The molecule has 1 heterocycles. The molecule has 1 aromatic carbocycles. The molecule has 1 aliphatic rings. The second-order valence-corrected chi connectivity index (χ2v) is 4.33. The Hall–Kier alpha value is -1.39. The van der Waals surface area contributed by atoms with E-state index in [2.05, 4.69) is 0 Å². The molecule has 4 nitrogen and oxygen atoms in total. The molecule has 0 atom stereocenters. The van der Waals surface area contributed by atoms with E-state index in [9.17, 15) is 4.79 Å². The minimum atomic E-state index is -0.771. The highest BCUT2D eigenvalue weighted by Gasteiger charge is 2.36. The molecule has 1 aromatic rings. The van der Waals surface area contributed by atoms with Crippen molar-refractivity contribution in [2.75, 3.05) is 20.3 Å². The third kappa shape index (κ3) is 2.48. The van der Waals surface area contributed by atoms with Gasteiger partial charge >= 0.3 is 0 Å². The van der Waals surface area contributed by atoms with Crippen LogP contribution in [0.15, 0.2) is 24.3 Å². The largest absolute Gasteiger partial charge is 0.497 e. The van der Waals surface area contributed by atoms with Crippen molar-refractivity contribution in [3.63, 3.8) is 0 Å². The zero-order valence-corrected chi connectivity index (χ0v) is 9.94. The molecule has 2 rings (SSSR count). The van der Waals surface area contributed by atoms with Crippen molar-refractivity contribution in [3.05, 3.63) is 29.8 Å². The van der Waals surface area contributed by atoms with Crippen molar-refractivity contribution in [2.24, 2.45) is 5.73 Å². The van der Waals surface area contributed by atoms with Crippen LogP contribution in [0, 0.1) is 0 Å². The monoisotopic (exact) mass is 235 g/mol. The Morgan fingerprint density at radius 1 is 1.29 bits per heavy atom. The maximum atomic E-state index is 12.3. The van der Waals surface area contributed by atoms with Crippen molar-refractivity contribution in [1.29, 1.82) is 0 Å². The minimum absolute atomic E-state index is 0.0107. The standard InChI is InChI=1S/C13H17NO3/c1-16-11-4-2-10(3-5-11)12(15)13(14)6-8-17-9-7-13/h2-5H,6-9,14H2,1H3. The summed E-state index contributed by atoms with van der Waals surface area (Å²) >= 11 is 0. The first-order valence-corrected chi connectivity index (χ1v) is 5.71. The Bertz CT molecular complexity index is 394. The van der Waals surface area contributed by atoms with Crippen LogP contribution < -0.4 is 10.5 Å². The number of nitrogens with two attached hydrogens (primary N) is 1. The zero-order valence-electron chi connectivity index (χ0n) is 9.94. The van der Waals surface area contributed by atoms with Gasteiger partial charge in [-0.2, -0.15) is 0 Å². The van der Waals surface area contributed by atoms with Crippen molar-refractivity contribution in [1.82, 2.24) is 0 Å². The molecule has 0 unspecified atom stereocenters. The van der Waals surface area contributed by atoms with Crippen LogP contribution in [0.3, 0.4) is 0 Å². The van der Waals surface area contributed by atoms with E-state index in [4.69, 9.17) is 15.2 Å². The summed E-state index contributed by atoms with van der Waals surface area (Å²) in [6.45, 7) is 1.11. The highest BCUT2D eigenvalue weighted by atomic mass is 16.5. The number of carbonyl (C=O) groups is 1. The highest BCUT2D eigenvalue weighted by molar-refractivity contribution is 6.03. The van der Waals surface area contributed by atoms with E-state index >= 15 is 0 Å². The average molecular weight is 235 g/mol. The molecule has 0 saturated carbocycles. The predicted octanol–water partition coefficient (Wildman–Crippen LogP) is 1.39. The number of benzene rings is 1. The van der Waals surface area contributed by atoms with E-state index < -0.39 is 5.54 Å². The van der Waals surface area contributed by atoms with Crippen LogP contribution in [0.1, 0.15) is 23.2 Å². The summed E-state index contributed by atoms with van der Waals surface area (Å²) in [5.41, 5.74) is 6.01. The normalized spacial score (nSPS) is 18.7. The van der Waals surface area contributed by atoms with Gasteiger partial charge in [-0.15, -0.1) is 0 Å². The average Bonchev–Trinajstić information content (AvgIpc) is 2.39. The SMILES string of the molecule is COc1ccc(C(=O)C2(N)CCOCC2)cc1. The molecule has 17 heavy (non-hydrogen) atoms. The van der Waals surface area contributed by atoms with Gasteiger partial charge in [0.1, 0.15) is 5.75 Å². The third-order valence-corrected chi connectivity index (χ3v) is 3.19. The molecule has 0 aliphatic carbocycles. The van der Waals surface area contributed by atoms with Crippen molar-refractivity contribution in [2.45, 2.75) is 18.4 Å². The predicted molar refractivity (Wildman–Crippen MR) is 64.3 cm³/mol. The number of Topliss-reactive ketones (excluding diaryl/α,β-unsaturated/α-hetero) is 1. The van der Waals surface area contributed by atoms with Gasteiger partial charge in [0.25, 0.3) is 0 Å². The van der Waals surface area contributed by atoms with Gasteiger partial charge in [0.15, 0.2) is 5.78 Å². The number of ether oxygens (including phenoxy) is 2. The van der Waals surface area contributed by atoms with Gasteiger partial charge in [-0.25, -0.2) is 0 Å². The number of ketones is 1. The van der Waals surface area contributed by atoms with E-state index in [1.165, 1.54) is 0 Å². The Morgan fingerprint density at radius 3 is 2.41 bits per heavy atom. The Kier molecular flexibility index (Phi) is 3.45. The summed E-state index contributed by atoms with van der Waals surface area (Å²) in [4.78, 5) is 12.3. The van der Waals surface area contributed by atoms with Crippen LogP contribution in [-0.2, 0) is 4.74 Å². The van der Waals surface area contributed by atoms with Gasteiger partial charge < -0.3 is 15.2 Å². The van der Waals surface area contributed by atoms with E-state index in [1.807, 2.05) is 0 Å². The van der Waals surface area contributed by atoms with Gasteiger partial charge in [0.2, 0.25) is 0 Å². The lowest BCUT2D eigenvalue weighted by atomic mass is 9.83. The van der Waals surface area contributed by atoms with Crippen LogP contribution >= 0.6 is 0 Å². The minimum Gasteiger partial charge on any atom is -0.497 e. The smallest absolute Gasteiger partial charge is 0.182 e. The van der Waals surface area contributed by atoms with Crippen molar-refractivity contribution >= 4 is 5.78 Å². The lowest BCUT2D eigenvalue weighted by Gasteiger charge is -2.31. The molecular weight excluding hydrogens is 218 g/mol. The topological polar surface area (TPSA) is 61.5 Å². The van der Waals surface area contributed by atoms with Gasteiger partial charge in [0, 0.05) is 18.8 Å². The van der Waals surface area contributed by atoms with Gasteiger partial charge in [0.05, 0.1) is 12.6 Å². The number of carbonyl (C=O) groups excluding carboxylic acids is 1. The fourth-order valence-electron chi connectivity index (χ4n) is 1.99. The quantitative estimate of drug-likeness (QED) is 0.804. The first kappa shape index (κ1) is 12.1. The number of hydrogen-bond donors (Lipinski definition) is 1. The van der Waals surface area contributed by atoms with Crippen LogP contribution in [0.2, 0.25) is 0 Å². The van der Waals surface area contributed by atoms with Crippen molar-refractivity contribution < 1.29 is 14.3 Å². The third-order valence-electron chi connectivity index (χ3n) is 3.19. The molecule has 1 aliphatic heterocycles. The summed E-state index contributed by atoms with van der Waals surface area (Å²) in [5, 5.41) is 0. The molecule has 0 bridgehead atoms. The highest BCUT2D eigenvalue weighted by Crippen LogP contribution is 2.23. The summed E-state index contributed by atoms with van der Waals surface area (Å²) in [5.74, 6) is 0.725. The molecule has 0 spiro atoms. The lowest BCUT2D eigenvalue weighted by molar-refractivity contribution is 0.0448. The summed E-state index contributed by atoms with van der Waals surface area (Å²) in [6, 6.07) is 7.06. The van der Waals surface area contributed by atoms with Crippen LogP contribution in [0.4, 0.5) is 0 Å². The number of hydrogen-bond acceptors (Lipinski definition) is 4. The van der Waals surface area contributed by atoms with E-state index in [0.29, 0.717) is 31.6 Å². The van der Waals surface area contributed by atoms with E-state index in [-0.39, 0.29) is 5.78 Å². The Labute approximate surface area is 101 Å².